The predicted molar refractivity (Wildman–Crippen MR) is 73.9 cm³/mol. The van der Waals surface area contributed by atoms with Crippen LogP contribution in [0.5, 0.6) is 0 Å². The fourth-order valence-corrected chi connectivity index (χ4v) is 2.39. The molecule has 1 aromatic carbocycles. The van der Waals surface area contributed by atoms with Gasteiger partial charge in [-0.05, 0) is 25.1 Å². The first-order valence-electron chi connectivity index (χ1n) is 5.30. The number of aromatic nitrogens is 1. The summed E-state index contributed by atoms with van der Waals surface area (Å²) in [7, 11) is 0. The lowest BCUT2D eigenvalue weighted by atomic mass is 10.2. The smallest absolute Gasteiger partial charge is 0.253 e. The monoisotopic (exact) mass is 281 g/mol. The van der Waals surface area contributed by atoms with Crippen molar-refractivity contribution in [2.45, 2.75) is 13.5 Å². The van der Waals surface area contributed by atoms with E-state index in [2.05, 4.69) is 10.3 Å². The van der Waals surface area contributed by atoms with Crippen LogP contribution in [-0.4, -0.2) is 10.9 Å². The molecule has 0 unspecified atom stereocenters. The van der Waals surface area contributed by atoms with Gasteiger partial charge in [0.25, 0.3) is 5.91 Å². The summed E-state index contributed by atoms with van der Waals surface area (Å²) in [6.45, 7) is 2.35. The lowest BCUT2D eigenvalue weighted by Crippen LogP contribution is -2.23. The van der Waals surface area contributed by atoms with Crippen LogP contribution in [0.1, 0.15) is 20.9 Å². The zero-order valence-electron chi connectivity index (χ0n) is 9.74. The maximum atomic E-state index is 12.0. The van der Waals surface area contributed by atoms with Crippen LogP contribution in [0.15, 0.2) is 23.7 Å². The highest BCUT2D eigenvalue weighted by molar-refractivity contribution is 7.09. The van der Waals surface area contributed by atoms with Gasteiger partial charge in [-0.25, -0.2) is 4.98 Å². The lowest BCUT2D eigenvalue weighted by Gasteiger charge is -2.06. The molecule has 3 N–H and O–H groups in total. The third kappa shape index (κ3) is 2.80. The minimum Gasteiger partial charge on any atom is -0.399 e. The maximum absolute atomic E-state index is 12.0. The molecule has 0 saturated heterocycles. The predicted octanol–water partition coefficient (Wildman–Crippen LogP) is 2.62. The van der Waals surface area contributed by atoms with Crippen LogP contribution in [0.4, 0.5) is 5.69 Å². The number of nitrogens with two attached hydrogens (primary N) is 1. The lowest BCUT2D eigenvalue weighted by molar-refractivity contribution is 0.0951. The van der Waals surface area contributed by atoms with Gasteiger partial charge in [0.1, 0.15) is 0 Å². The van der Waals surface area contributed by atoms with Crippen LogP contribution < -0.4 is 11.1 Å². The number of rotatable bonds is 3. The summed E-state index contributed by atoms with van der Waals surface area (Å²) in [5.41, 5.74) is 9.22. The van der Waals surface area contributed by atoms with E-state index in [1.165, 1.54) is 11.3 Å². The van der Waals surface area contributed by atoms with Crippen LogP contribution in [0.3, 0.4) is 0 Å². The minimum absolute atomic E-state index is 0.236. The first kappa shape index (κ1) is 12.9. The Morgan fingerprint density at radius 2 is 2.33 bits per heavy atom. The van der Waals surface area contributed by atoms with Crippen LogP contribution in [0, 0.1) is 6.92 Å². The second kappa shape index (κ2) is 5.37. The molecule has 1 aromatic heterocycles. The van der Waals surface area contributed by atoms with Crippen LogP contribution in [0.2, 0.25) is 5.02 Å². The average molecular weight is 282 g/mol. The fourth-order valence-electron chi connectivity index (χ4n) is 1.47. The van der Waals surface area contributed by atoms with E-state index < -0.39 is 0 Å². The number of carbonyl (C=O) groups is 1. The van der Waals surface area contributed by atoms with Crippen molar-refractivity contribution in [2.75, 3.05) is 5.73 Å². The van der Waals surface area contributed by atoms with Crippen molar-refractivity contribution < 1.29 is 4.79 Å². The van der Waals surface area contributed by atoms with Crippen molar-refractivity contribution >= 4 is 34.5 Å². The number of carbonyl (C=O) groups excluding carboxylic acids is 1. The second-order valence-electron chi connectivity index (χ2n) is 3.78. The number of nitrogens with one attached hydrogen (secondary N) is 1. The third-order valence-corrected chi connectivity index (χ3v) is 3.75. The second-order valence-corrected chi connectivity index (χ2v) is 5.13. The Bertz CT molecular complexity index is 582. The molecule has 0 spiro atoms. The molecular formula is C12H12ClN3OS. The summed E-state index contributed by atoms with van der Waals surface area (Å²) < 4.78 is 0. The molecule has 18 heavy (non-hydrogen) atoms. The zero-order valence-corrected chi connectivity index (χ0v) is 11.3. The molecule has 0 aliphatic rings. The first-order chi connectivity index (χ1) is 8.58. The number of nitrogen functional groups attached to an aromatic ring is 1. The van der Waals surface area contributed by atoms with Crippen molar-refractivity contribution in [3.05, 3.63) is 44.9 Å². The summed E-state index contributed by atoms with van der Waals surface area (Å²) in [5, 5.41) is 3.19. The maximum Gasteiger partial charge on any atom is 0.253 e. The Balaban J connectivity index is 2.08. The largest absolute Gasteiger partial charge is 0.399 e. The molecule has 0 fully saturated rings. The van der Waals surface area contributed by atoms with E-state index in [4.69, 9.17) is 17.3 Å². The summed E-state index contributed by atoms with van der Waals surface area (Å²) in [5.74, 6) is -0.236. The van der Waals surface area contributed by atoms with Gasteiger partial charge in [-0.15, -0.1) is 11.3 Å². The Morgan fingerprint density at radius 1 is 1.56 bits per heavy atom. The normalized spacial score (nSPS) is 10.3. The number of hydrogen-bond donors (Lipinski definition) is 2. The molecule has 0 bridgehead atoms. The number of aryl methyl sites for hydroxylation is 1. The van der Waals surface area contributed by atoms with Gasteiger partial charge in [0.15, 0.2) is 0 Å². The number of anilines is 1. The molecule has 0 atom stereocenters. The molecule has 1 amide bonds. The molecular weight excluding hydrogens is 270 g/mol. The summed E-state index contributed by atoms with van der Waals surface area (Å²) in [6, 6.07) is 4.84. The molecule has 0 aliphatic carbocycles. The highest BCUT2D eigenvalue weighted by atomic mass is 35.5. The molecule has 0 aliphatic heterocycles. The molecule has 0 radical (unpaired) electrons. The van der Waals surface area contributed by atoms with Crippen LogP contribution >= 0.6 is 22.9 Å². The Labute approximate surface area is 114 Å². The number of benzene rings is 1. The molecule has 94 valence electrons. The Kier molecular flexibility index (Phi) is 3.84. The van der Waals surface area contributed by atoms with E-state index in [1.54, 1.807) is 23.7 Å². The number of thiazole rings is 1. The SMILES string of the molecule is Cc1ncsc1CNC(=O)c1cc(N)ccc1Cl. The quantitative estimate of drug-likeness (QED) is 0.850. The van der Waals surface area contributed by atoms with Gasteiger partial charge < -0.3 is 11.1 Å². The highest BCUT2D eigenvalue weighted by Gasteiger charge is 2.11. The highest BCUT2D eigenvalue weighted by Crippen LogP contribution is 2.19. The summed E-state index contributed by atoms with van der Waals surface area (Å²) >= 11 is 7.47. The van der Waals surface area contributed by atoms with E-state index in [0.717, 1.165) is 10.6 Å². The van der Waals surface area contributed by atoms with Crippen LogP contribution in [0.25, 0.3) is 0 Å². The fraction of sp³-hybridized carbons (Fsp3) is 0.167. The van der Waals surface area contributed by atoms with Gasteiger partial charge in [-0.2, -0.15) is 0 Å². The van der Waals surface area contributed by atoms with E-state index in [0.29, 0.717) is 22.8 Å². The van der Waals surface area contributed by atoms with Gasteiger partial charge >= 0.3 is 0 Å². The number of amides is 1. The van der Waals surface area contributed by atoms with E-state index in [9.17, 15) is 4.79 Å². The molecule has 1 heterocycles. The van der Waals surface area contributed by atoms with Gasteiger partial charge in [0, 0.05) is 10.6 Å². The van der Waals surface area contributed by atoms with Crippen molar-refractivity contribution in [1.82, 2.24) is 10.3 Å². The first-order valence-corrected chi connectivity index (χ1v) is 6.56. The standard InChI is InChI=1S/C12H12ClN3OS/c1-7-11(18-6-16-7)5-15-12(17)9-4-8(14)2-3-10(9)13/h2-4,6H,5,14H2,1H3,(H,15,17). The van der Waals surface area contributed by atoms with Crippen molar-refractivity contribution in [2.24, 2.45) is 0 Å². The van der Waals surface area contributed by atoms with E-state index in [1.807, 2.05) is 6.92 Å². The molecule has 2 rings (SSSR count). The summed E-state index contributed by atoms with van der Waals surface area (Å²) in [4.78, 5) is 17.1. The van der Waals surface area contributed by atoms with Crippen molar-refractivity contribution in [3.63, 3.8) is 0 Å². The Hall–Kier alpha value is -1.59. The number of hydrogen-bond acceptors (Lipinski definition) is 4. The third-order valence-electron chi connectivity index (χ3n) is 2.49. The Morgan fingerprint density at radius 3 is 3.00 bits per heavy atom. The average Bonchev–Trinajstić information content (AvgIpc) is 2.75. The van der Waals surface area contributed by atoms with Crippen LogP contribution in [-0.2, 0) is 6.54 Å². The molecule has 6 heteroatoms. The van der Waals surface area contributed by atoms with Crippen molar-refractivity contribution in [1.29, 1.82) is 0 Å². The van der Waals surface area contributed by atoms with Gasteiger partial charge in [-0.3, -0.25) is 4.79 Å². The van der Waals surface area contributed by atoms with Gasteiger partial charge in [0.05, 0.1) is 28.3 Å². The molecule has 4 nitrogen and oxygen atoms in total. The minimum atomic E-state index is -0.236. The molecule has 2 aromatic rings. The van der Waals surface area contributed by atoms with E-state index in [-0.39, 0.29) is 5.91 Å². The number of nitrogens with zero attached hydrogens (tertiary/aromatic N) is 1. The van der Waals surface area contributed by atoms with Gasteiger partial charge in [-0.1, -0.05) is 11.6 Å². The summed E-state index contributed by atoms with van der Waals surface area (Å²) in [6.07, 6.45) is 0. The van der Waals surface area contributed by atoms with E-state index >= 15 is 0 Å². The zero-order chi connectivity index (χ0) is 13.1. The number of halogens is 1. The molecule has 0 saturated carbocycles. The van der Waals surface area contributed by atoms with Gasteiger partial charge in [0.2, 0.25) is 0 Å². The topological polar surface area (TPSA) is 68.0 Å². The van der Waals surface area contributed by atoms with Crippen molar-refractivity contribution in [3.8, 4) is 0 Å².